The molecule has 0 bridgehead atoms. The van der Waals surface area contributed by atoms with E-state index < -0.39 is 0 Å². The molecule has 1 amide bonds. The molecule has 1 N–H and O–H groups in total. The summed E-state index contributed by atoms with van der Waals surface area (Å²) in [5, 5.41) is 3.02. The summed E-state index contributed by atoms with van der Waals surface area (Å²) in [5.41, 5.74) is 2.96. The maximum Gasteiger partial charge on any atom is 0.263 e. The average molecular weight is 420 g/mol. The van der Waals surface area contributed by atoms with E-state index in [-0.39, 0.29) is 5.91 Å². The first-order chi connectivity index (χ1) is 13.0. The van der Waals surface area contributed by atoms with Gasteiger partial charge in [0.1, 0.15) is 10.9 Å². The van der Waals surface area contributed by atoms with Gasteiger partial charge in [0.05, 0.1) is 16.5 Å². The summed E-state index contributed by atoms with van der Waals surface area (Å²) in [7, 11) is 0. The summed E-state index contributed by atoms with van der Waals surface area (Å²) in [4.78, 5) is 12.4. The van der Waals surface area contributed by atoms with Crippen LogP contribution in [0.1, 0.15) is 23.6 Å². The van der Waals surface area contributed by atoms with Gasteiger partial charge in [-0.3, -0.25) is 4.79 Å². The molecular formula is C20H18ClNO3S2. The SMILES string of the molecule is CCOc1cc(/C=C2/SC(=S)NC2=O)cc(Cl)c1OCc1cccc(C)c1. The van der Waals surface area contributed by atoms with E-state index in [1.54, 1.807) is 12.1 Å². The molecule has 0 saturated carbocycles. The molecule has 1 aliphatic rings. The highest BCUT2D eigenvalue weighted by Crippen LogP contribution is 2.38. The minimum absolute atomic E-state index is 0.209. The van der Waals surface area contributed by atoms with Crippen LogP contribution in [0.5, 0.6) is 11.5 Å². The van der Waals surface area contributed by atoms with Gasteiger partial charge >= 0.3 is 0 Å². The Morgan fingerprint density at radius 1 is 1.26 bits per heavy atom. The third kappa shape index (κ3) is 5.03. The second-order valence-electron chi connectivity index (χ2n) is 5.89. The molecule has 1 aliphatic heterocycles. The molecule has 4 nitrogen and oxygen atoms in total. The van der Waals surface area contributed by atoms with Crippen molar-refractivity contribution in [2.24, 2.45) is 0 Å². The molecule has 0 atom stereocenters. The Labute approximate surface area is 172 Å². The van der Waals surface area contributed by atoms with Gasteiger partial charge in [-0.25, -0.2) is 0 Å². The fourth-order valence-corrected chi connectivity index (χ4v) is 3.92. The number of hydrogen-bond donors (Lipinski definition) is 1. The van der Waals surface area contributed by atoms with E-state index in [1.165, 1.54) is 17.3 Å². The number of thioether (sulfide) groups is 1. The van der Waals surface area contributed by atoms with E-state index in [0.717, 1.165) is 11.1 Å². The van der Waals surface area contributed by atoms with Crippen molar-refractivity contribution < 1.29 is 14.3 Å². The lowest BCUT2D eigenvalue weighted by molar-refractivity contribution is -0.115. The van der Waals surface area contributed by atoms with Crippen molar-refractivity contribution in [1.29, 1.82) is 0 Å². The topological polar surface area (TPSA) is 47.6 Å². The van der Waals surface area contributed by atoms with Crippen molar-refractivity contribution in [3.8, 4) is 11.5 Å². The third-order valence-corrected chi connectivity index (χ3v) is 5.18. The average Bonchev–Trinajstić information content (AvgIpc) is 2.91. The molecule has 7 heteroatoms. The number of amides is 1. The molecule has 0 aromatic heterocycles. The van der Waals surface area contributed by atoms with Gasteiger partial charge in [-0.15, -0.1) is 0 Å². The van der Waals surface area contributed by atoms with Gasteiger partial charge in [-0.05, 0) is 43.2 Å². The van der Waals surface area contributed by atoms with E-state index in [4.69, 9.17) is 33.3 Å². The van der Waals surface area contributed by atoms with Gasteiger partial charge in [0.2, 0.25) is 0 Å². The largest absolute Gasteiger partial charge is 0.490 e. The fraction of sp³-hybridized carbons (Fsp3) is 0.200. The highest BCUT2D eigenvalue weighted by atomic mass is 35.5. The van der Waals surface area contributed by atoms with Gasteiger partial charge < -0.3 is 14.8 Å². The van der Waals surface area contributed by atoms with Crippen LogP contribution in [0.3, 0.4) is 0 Å². The molecule has 27 heavy (non-hydrogen) atoms. The first-order valence-corrected chi connectivity index (χ1v) is 9.96. The molecule has 0 radical (unpaired) electrons. The van der Waals surface area contributed by atoms with Crippen LogP contribution < -0.4 is 14.8 Å². The molecule has 1 saturated heterocycles. The van der Waals surface area contributed by atoms with Crippen LogP contribution in [0.25, 0.3) is 6.08 Å². The molecule has 0 aliphatic carbocycles. The van der Waals surface area contributed by atoms with Crippen LogP contribution >= 0.6 is 35.6 Å². The summed E-state index contributed by atoms with van der Waals surface area (Å²) >= 11 is 12.7. The number of thiocarbonyl (C=S) groups is 1. The Balaban J connectivity index is 1.87. The Bertz CT molecular complexity index is 927. The maximum atomic E-state index is 11.9. The minimum Gasteiger partial charge on any atom is -0.490 e. The van der Waals surface area contributed by atoms with Gasteiger partial charge in [0, 0.05) is 0 Å². The molecule has 1 fully saturated rings. The van der Waals surface area contributed by atoms with Gasteiger partial charge in [-0.1, -0.05) is 65.4 Å². The Hall–Kier alpha value is -2.02. The van der Waals surface area contributed by atoms with Crippen molar-refractivity contribution >= 4 is 51.9 Å². The Morgan fingerprint density at radius 2 is 2.07 bits per heavy atom. The summed E-state index contributed by atoms with van der Waals surface area (Å²) in [5.74, 6) is 0.815. The number of hydrogen-bond acceptors (Lipinski definition) is 5. The zero-order valence-electron chi connectivity index (χ0n) is 14.9. The predicted octanol–water partition coefficient (Wildman–Crippen LogP) is 5.11. The molecular weight excluding hydrogens is 402 g/mol. The van der Waals surface area contributed by atoms with Crippen LogP contribution in [0.4, 0.5) is 0 Å². The lowest BCUT2D eigenvalue weighted by Gasteiger charge is -2.15. The highest BCUT2D eigenvalue weighted by molar-refractivity contribution is 8.26. The minimum atomic E-state index is -0.209. The molecule has 140 valence electrons. The second-order valence-corrected chi connectivity index (χ2v) is 8.02. The quantitative estimate of drug-likeness (QED) is 0.520. The summed E-state index contributed by atoms with van der Waals surface area (Å²) < 4.78 is 12.1. The molecule has 2 aromatic rings. The van der Waals surface area contributed by atoms with Gasteiger partial charge in [0.25, 0.3) is 5.91 Å². The van der Waals surface area contributed by atoms with Gasteiger partial charge in [0.15, 0.2) is 11.5 Å². The first-order valence-electron chi connectivity index (χ1n) is 8.36. The molecule has 0 spiro atoms. The van der Waals surface area contributed by atoms with Crippen LogP contribution in [-0.2, 0) is 11.4 Å². The summed E-state index contributed by atoms with van der Waals surface area (Å²) in [6.45, 7) is 4.78. The number of carbonyl (C=O) groups is 1. The van der Waals surface area contributed by atoms with Crippen LogP contribution in [-0.4, -0.2) is 16.8 Å². The van der Waals surface area contributed by atoms with Crippen molar-refractivity contribution in [2.75, 3.05) is 6.61 Å². The molecule has 2 aromatic carbocycles. The Kier molecular flexibility index (Phi) is 6.42. The lowest BCUT2D eigenvalue weighted by Crippen LogP contribution is -2.17. The number of benzene rings is 2. The van der Waals surface area contributed by atoms with E-state index >= 15 is 0 Å². The molecule has 0 unspecified atom stereocenters. The summed E-state index contributed by atoms with van der Waals surface area (Å²) in [6.07, 6.45) is 1.73. The zero-order chi connectivity index (χ0) is 19.4. The predicted molar refractivity (Wildman–Crippen MR) is 114 cm³/mol. The number of ether oxygens (including phenoxy) is 2. The lowest BCUT2D eigenvalue weighted by atomic mass is 10.1. The van der Waals surface area contributed by atoms with Crippen LogP contribution in [0.15, 0.2) is 41.3 Å². The van der Waals surface area contributed by atoms with E-state index in [0.29, 0.717) is 39.0 Å². The number of halogens is 1. The van der Waals surface area contributed by atoms with E-state index in [1.807, 2.05) is 38.1 Å². The standard InChI is InChI=1S/C20H18ClNO3S2/c1-3-24-16-9-14(10-17-19(23)22-20(26)27-17)8-15(21)18(16)25-11-13-6-4-5-12(2)7-13/h4-10H,3,11H2,1-2H3,(H,22,23,26)/b17-10+. The van der Waals surface area contributed by atoms with Crippen LogP contribution in [0, 0.1) is 6.92 Å². The van der Waals surface area contributed by atoms with Crippen molar-refractivity contribution in [2.45, 2.75) is 20.5 Å². The highest BCUT2D eigenvalue weighted by Gasteiger charge is 2.22. The molecule has 1 heterocycles. The van der Waals surface area contributed by atoms with Gasteiger partial charge in [-0.2, -0.15) is 0 Å². The Morgan fingerprint density at radius 3 is 2.74 bits per heavy atom. The fourth-order valence-electron chi connectivity index (χ4n) is 2.60. The second kappa shape index (κ2) is 8.78. The number of nitrogens with one attached hydrogen (secondary N) is 1. The molecule has 3 rings (SSSR count). The van der Waals surface area contributed by atoms with Crippen molar-refractivity contribution in [3.63, 3.8) is 0 Å². The number of aryl methyl sites for hydroxylation is 1. The third-order valence-electron chi connectivity index (χ3n) is 3.74. The first kappa shape index (κ1) is 19.7. The van der Waals surface area contributed by atoms with E-state index in [9.17, 15) is 4.79 Å². The van der Waals surface area contributed by atoms with Crippen LogP contribution in [0.2, 0.25) is 5.02 Å². The maximum absolute atomic E-state index is 11.9. The number of rotatable bonds is 6. The zero-order valence-corrected chi connectivity index (χ0v) is 17.3. The van der Waals surface area contributed by atoms with Crippen molar-refractivity contribution in [3.05, 3.63) is 63.0 Å². The smallest absolute Gasteiger partial charge is 0.263 e. The monoisotopic (exact) mass is 419 g/mol. The van der Waals surface area contributed by atoms with E-state index in [2.05, 4.69) is 11.4 Å². The van der Waals surface area contributed by atoms with Crippen molar-refractivity contribution in [1.82, 2.24) is 5.32 Å². The normalized spacial score (nSPS) is 15.1. The summed E-state index contributed by atoms with van der Waals surface area (Å²) in [6, 6.07) is 11.6. The number of carbonyl (C=O) groups excluding carboxylic acids is 1.